The molecule has 180 valence electrons. The lowest BCUT2D eigenvalue weighted by molar-refractivity contribution is -0.117. The van der Waals surface area contributed by atoms with E-state index in [0.717, 1.165) is 65.6 Å². The number of benzene rings is 1. The molecule has 2 heterocycles. The van der Waals surface area contributed by atoms with Crippen LogP contribution in [0.2, 0.25) is 0 Å². The Labute approximate surface area is 206 Å². The first-order valence-corrected chi connectivity index (χ1v) is 13.8. The first-order valence-electron chi connectivity index (χ1n) is 11.9. The van der Waals surface area contributed by atoms with Crippen LogP contribution >= 0.6 is 23.1 Å². The van der Waals surface area contributed by atoms with Crippen molar-refractivity contribution in [1.82, 2.24) is 4.98 Å². The smallest absolute Gasteiger partial charge is 0.227 e. The summed E-state index contributed by atoms with van der Waals surface area (Å²) in [5, 5.41) is 12.4. The number of aromatic nitrogens is 1. The van der Waals surface area contributed by atoms with Crippen molar-refractivity contribution in [2.75, 3.05) is 10.7 Å². The molecular weight excluding hydrogens is 452 g/mol. The maximum absolute atomic E-state index is 12.6. The van der Waals surface area contributed by atoms with E-state index in [1.54, 1.807) is 23.1 Å². The van der Waals surface area contributed by atoms with Crippen LogP contribution in [0.1, 0.15) is 83.1 Å². The molecule has 1 aromatic heterocycles. The first-order chi connectivity index (χ1) is 15.9. The molecule has 0 bridgehead atoms. The molecule has 2 unspecified atom stereocenters. The molecule has 1 N–H and O–H groups in total. The van der Waals surface area contributed by atoms with Crippen molar-refractivity contribution in [1.29, 1.82) is 0 Å². The van der Waals surface area contributed by atoms with E-state index in [9.17, 15) is 9.90 Å². The largest absolute Gasteiger partial charge is 0.489 e. The molecule has 1 aromatic carbocycles. The number of ether oxygens (including phenoxy) is 1. The standard InChI is InChI=1S/C26H36N2O3S2/c1-5-6-7-8-24(29)20-9-11-21(12-10-20)28-22(13-14-25(28)30)15-16-32-26-27-23(17-33-26)19(4)31-18(2)3/h9-12,17-18,22,24,29H,4-8,13-16H2,1-3H3. The highest BCUT2D eigenvalue weighted by molar-refractivity contribution is 8.01. The van der Waals surface area contributed by atoms with Crippen LogP contribution in [0.25, 0.3) is 5.76 Å². The molecule has 5 nitrogen and oxygen atoms in total. The SMILES string of the molecule is C=C(OC(C)C)c1csc(SCCC2CCC(=O)N2c2ccc(C(O)CCCCC)cc2)n1. The Morgan fingerprint density at radius 3 is 2.79 bits per heavy atom. The third kappa shape index (κ3) is 7.33. The highest BCUT2D eigenvalue weighted by Crippen LogP contribution is 2.33. The lowest BCUT2D eigenvalue weighted by Crippen LogP contribution is -2.33. The minimum Gasteiger partial charge on any atom is -0.489 e. The van der Waals surface area contributed by atoms with Crippen LogP contribution in [0.15, 0.2) is 40.6 Å². The van der Waals surface area contributed by atoms with Gasteiger partial charge in [0.15, 0.2) is 4.34 Å². The predicted molar refractivity (Wildman–Crippen MR) is 139 cm³/mol. The predicted octanol–water partition coefficient (Wildman–Crippen LogP) is 6.83. The van der Waals surface area contributed by atoms with E-state index in [1.165, 1.54) is 0 Å². The van der Waals surface area contributed by atoms with Gasteiger partial charge in [-0.15, -0.1) is 11.3 Å². The Balaban J connectivity index is 1.54. The van der Waals surface area contributed by atoms with E-state index < -0.39 is 6.10 Å². The number of aliphatic hydroxyl groups is 1. The monoisotopic (exact) mass is 488 g/mol. The second-order valence-corrected chi connectivity index (χ2v) is 11.0. The summed E-state index contributed by atoms with van der Waals surface area (Å²) in [4.78, 5) is 19.2. The molecular formula is C26H36N2O3S2. The Kier molecular flexibility index (Phi) is 9.83. The summed E-state index contributed by atoms with van der Waals surface area (Å²) in [5.41, 5.74) is 2.65. The van der Waals surface area contributed by atoms with E-state index in [4.69, 9.17) is 4.74 Å². The van der Waals surface area contributed by atoms with Crippen LogP contribution in [0, 0.1) is 0 Å². The highest BCUT2D eigenvalue weighted by Gasteiger charge is 2.31. The Bertz CT molecular complexity index is 911. The Hall–Kier alpha value is -1.83. The summed E-state index contributed by atoms with van der Waals surface area (Å²) >= 11 is 3.32. The zero-order valence-electron chi connectivity index (χ0n) is 20.0. The second-order valence-electron chi connectivity index (χ2n) is 8.78. The lowest BCUT2D eigenvalue weighted by atomic mass is 10.0. The summed E-state index contributed by atoms with van der Waals surface area (Å²) < 4.78 is 6.63. The maximum Gasteiger partial charge on any atom is 0.227 e. The van der Waals surface area contributed by atoms with Crippen molar-refractivity contribution in [3.05, 3.63) is 47.5 Å². The van der Waals surface area contributed by atoms with Gasteiger partial charge in [0.05, 0.1) is 12.2 Å². The Morgan fingerprint density at radius 2 is 2.09 bits per heavy atom. The molecule has 0 saturated carbocycles. The molecule has 0 spiro atoms. The highest BCUT2D eigenvalue weighted by atomic mass is 32.2. The van der Waals surface area contributed by atoms with Crippen LogP contribution in [-0.2, 0) is 9.53 Å². The van der Waals surface area contributed by atoms with Crippen LogP contribution in [-0.4, -0.2) is 33.9 Å². The van der Waals surface area contributed by atoms with Crippen molar-refractivity contribution < 1.29 is 14.6 Å². The van der Waals surface area contributed by atoms with Gasteiger partial charge in [0.1, 0.15) is 11.5 Å². The van der Waals surface area contributed by atoms with Crippen LogP contribution in [0.4, 0.5) is 5.69 Å². The number of thioether (sulfide) groups is 1. The molecule has 33 heavy (non-hydrogen) atoms. The molecule has 1 aliphatic rings. The van der Waals surface area contributed by atoms with Crippen molar-refractivity contribution in [3.8, 4) is 0 Å². The van der Waals surface area contributed by atoms with Crippen molar-refractivity contribution in [3.63, 3.8) is 0 Å². The zero-order chi connectivity index (χ0) is 23.8. The van der Waals surface area contributed by atoms with Gasteiger partial charge in [-0.05, 0) is 50.8 Å². The number of amides is 1. The number of thiazole rings is 1. The minimum absolute atomic E-state index is 0.0829. The number of unbranched alkanes of at least 4 members (excludes halogenated alkanes) is 2. The third-order valence-corrected chi connectivity index (χ3v) is 7.84. The number of anilines is 1. The fourth-order valence-electron chi connectivity index (χ4n) is 4.06. The number of carbonyl (C=O) groups excluding carboxylic acids is 1. The molecule has 1 amide bonds. The molecule has 1 saturated heterocycles. The van der Waals surface area contributed by atoms with Gasteiger partial charge in [-0.25, -0.2) is 4.98 Å². The first kappa shape index (κ1) is 25.8. The van der Waals surface area contributed by atoms with Gasteiger partial charge in [0.2, 0.25) is 5.91 Å². The normalized spacial score (nSPS) is 17.1. The maximum atomic E-state index is 12.6. The molecule has 2 atom stereocenters. The molecule has 1 fully saturated rings. The van der Waals surface area contributed by atoms with Gasteiger partial charge in [-0.1, -0.05) is 56.7 Å². The number of rotatable bonds is 13. The van der Waals surface area contributed by atoms with E-state index in [0.29, 0.717) is 12.2 Å². The van der Waals surface area contributed by atoms with Crippen LogP contribution in [0.5, 0.6) is 0 Å². The van der Waals surface area contributed by atoms with Gasteiger partial charge in [0, 0.05) is 29.3 Å². The molecule has 1 aliphatic heterocycles. The Morgan fingerprint density at radius 1 is 1.33 bits per heavy atom. The van der Waals surface area contributed by atoms with Gasteiger partial charge < -0.3 is 14.7 Å². The zero-order valence-corrected chi connectivity index (χ0v) is 21.6. The molecule has 2 aromatic rings. The third-order valence-electron chi connectivity index (χ3n) is 5.79. The number of hydrogen-bond donors (Lipinski definition) is 1. The number of nitrogens with zero attached hydrogens (tertiary/aromatic N) is 2. The topological polar surface area (TPSA) is 62.7 Å². The molecule has 0 aliphatic carbocycles. The second kappa shape index (κ2) is 12.6. The van der Waals surface area contributed by atoms with Crippen molar-refractivity contribution in [2.24, 2.45) is 0 Å². The van der Waals surface area contributed by atoms with Gasteiger partial charge in [0.25, 0.3) is 0 Å². The summed E-state index contributed by atoms with van der Waals surface area (Å²) in [6, 6.07) is 8.09. The van der Waals surface area contributed by atoms with E-state index >= 15 is 0 Å². The van der Waals surface area contributed by atoms with E-state index in [1.807, 2.05) is 48.4 Å². The van der Waals surface area contributed by atoms with Crippen LogP contribution < -0.4 is 4.90 Å². The van der Waals surface area contributed by atoms with Gasteiger partial charge >= 0.3 is 0 Å². The average Bonchev–Trinajstić information content (AvgIpc) is 3.40. The summed E-state index contributed by atoms with van der Waals surface area (Å²) in [6.07, 6.45) is 6.13. The lowest BCUT2D eigenvalue weighted by Gasteiger charge is -2.25. The van der Waals surface area contributed by atoms with Crippen molar-refractivity contribution in [2.45, 2.75) is 88.3 Å². The molecule has 7 heteroatoms. The fourth-order valence-corrected chi connectivity index (χ4v) is 6.00. The van der Waals surface area contributed by atoms with Gasteiger partial charge in [-0.3, -0.25) is 4.79 Å². The van der Waals surface area contributed by atoms with Crippen molar-refractivity contribution >= 4 is 40.5 Å². The number of carbonyl (C=O) groups is 1. The number of hydrogen-bond acceptors (Lipinski definition) is 6. The van der Waals surface area contributed by atoms with Crippen LogP contribution in [0.3, 0.4) is 0 Å². The van der Waals surface area contributed by atoms with E-state index in [2.05, 4.69) is 18.5 Å². The fraction of sp³-hybridized carbons (Fsp3) is 0.538. The molecule has 0 radical (unpaired) electrons. The van der Waals surface area contributed by atoms with Gasteiger partial charge in [-0.2, -0.15) is 0 Å². The quantitative estimate of drug-likeness (QED) is 0.190. The summed E-state index contributed by atoms with van der Waals surface area (Å²) in [7, 11) is 0. The van der Waals surface area contributed by atoms with E-state index in [-0.39, 0.29) is 18.1 Å². The number of aliphatic hydroxyl groups excluding tert-OH is 1. The minimum atomic E-state index is -0.433. The molecule has 3 rings (SSSR count). The summed E-state index contributed by atoms with van der Waals surface area (Å²) in [5.74, 6) is 1.69. The summed E-state index contributed by atoms with van der Waals surface area (Å²) in [6.45, 7) is 10.1. The average molecular weight is 489 g/mol.